The number of anilines is 1. The zero-order valence-corrected chi connectivity index (χ0v) is 10.0. The van der Waals surface area contributed by atoms with Crippen molar-refractivity contribution in [2.45, 2.75) is 6.92 Å². The van der Waals surface area contributed by atoms with E-state index >= 15 is 0 Å². The number of aromatic nitrogens is 1. The largest absolute Gasteiger partial charge is 0.490 e. The number of ether oxygens (including phenoxy) is 1. The highest BCUT2D eigenvalue weighted by Gasteiger charge is 2.18. The second-order valence-corrected chi connectivity index (χ2v) is 4.05. The predicted molar refractivity (Wildman–Crippen MR) is 65.1 cm³/mol. The van der Waals surface area contributed by atoms with Crippen LogP contribution in [0.4, 0.5) is 5.82 Å². The standard InChI is InChI=1S/C12H19N3O/c1-3-16-11-5-4-6-13-12(11)15-9-7-14(2)8-10-15/h4-6H,3,7-10H2,1-2H3. The molecule has 1 fully saturated rings. The molecule has 0 aliphatic carbocycles. The summed E-state index contributed by atoms with van der Waals surface area (Å²) in [6, 6.07) is 3.91. The Morgan fingerprint density at radius 3 is 2.75 bits per heavy atom. The Bertz CT molecular complexity index is 335. The first-order valence-corrected chi connectivity index (χ1v) is 5.82. The lowest BCUT2D eigenvalue weighted by Gasteiger charge is -2.33. The highest BCUT2D eigenvalue weighted by atomic mass is 16.5. The molecule has 0 N–H and O–H groups in total. The number of hydrogen-bond donors (Lipinski definition) is 0. The number of hydrogen-bond acceptors (Lipinski definition) is 4. The van der Waals surface area contributed by atoms with Gasteiger partial charge in [-0.3, -0.25) is 0 Å². The Morgan fingerprint density at radius 1 is 1.31 bits per heavy atom. The van der Waals surface area contributed by atoms with E-state index in [0.717, 1.165) is 37.7 Å². The highest BCUT2D eigenvalue weighted by Crippen LogP contribution is 2.25. The maximum Gasteiger partial charge on any atom is 0.171 e. The molecule has 0 saturated carbocycles. The average molecular weight is 221 g/mol. The SMILES string of the molecule is CCOc1cccnc1N1CCN(C)CC1. The quantitative estimate of drug-likeness (QED) is 0.767. The van der Waals surface area contributed by atoms with Crippen LogP contribution in [0, 0.1) is 0 Å². The van der Waals surface area contributed by atoms with E-state index in [9.17, 15) is 0 Å². The van der Waals surface area contributed by atoms with E-state index in [1.165, 1.54) is 0 Å². The van der Waals surface area contributed by atoms with Crippen LogP contribution >= 0.6 is 0 Å². The monoisotopic (exact) mass is 221 g/mol. The van der Waals surface area contributed by atoms with E-state index < -0.39 is 0 Å². The van der Waals surface area contributed by atoms with Crippen LogP contribution in [0.2, 0.25) is 0 Å². The van der Waals surface area contributed by atoms with Crippen molar-refractivity contribution in [2.24, 2.45) is 0 Å². The van der Waals surface area contributed by atoms with Gasteiger partial charge in [-0.2, -0.15) is 0 Å². The Morgan fingerprint density at radius 2 is 2.06 bits per heavy atom. The molecule has 1 saturated heterocycles. The summed E-state index contributed by atoms with van der Waals surface area (Å²) in [5, 5.41) is 0. The van der Waals surface area contributed by atoms with Crippen LogP contribution in [0.25, 0.3) is 0 Å². The Kier molecular flexibility index (Phi) is 3.62. The van der Waals surface area contributed by atoms with Gasteiger partial charge in [-0.25, -0.2) is 4.98 Å². The first-order valence-electron chi connectivity index (χ1n) is 5.82. The molecule has 0 amide bonds. The number of likely N-dealkylation sites (N-methyl/N-ethyl adjacent to an activating group) is 1. The molecule has 0 atom stereocenters. The van der Waals surface area contributed by atoms with Crippen LogP contribution in [-0.2, 0) is 0 Å². The average Bonchev–Trinajstić information content (AvgIpc) is 2.32. The summed E-state index contributed by atoms with van der Waals surface area (Å²) < 4.78 is 5.60. The molecule has 4 nitrogen and oxygen atoms in total. The number of pyridine rings is 1. The summed E-state index contributed by atoms with van der Waals surface area (Å²) in [6.07, 6.45) is 1.83. The molecule has 0 spiro atoms. The zero-order valence-electron chi connectivity index (χ0n) is 10.0. The molecular formula is C12H19N3O. The van der Waals surface area contributed by atoms with Gasteiger partial charge in [0, 0.05) is 32.4 Å². The minimum absolute atomic E-state index is 0.687. The summed E-state index contributed by atoms with van der Waals surface area (Å²) in [5.74, 6) is 1.88. The van der Waals surface area contributed by atoms with E-state index in [1.54, 1.807) is 0 Å². The smallest absolute Gasteiger partial charge is 0.171 e. The van der Waals surface area contributed by atoms with E-state index in [2.05, 4.69) is 21.8 Å². The summed E-state index contributed by atoms with van der Waals surface area (Å²) in [6.45, 7) is 6.90. The summed E-state index contributed by atoms with van der Waals surface area (Å²) in [7, 11) is 2.15. The van der Waals surface area contributed by atoms with Crippen molar-refractivity contribution in [3.05, 3.63) is 18.3 Å². The van der Waals surface area contributed by atoms with Crippen molar-refractivity contribution in [3.63, 3.8) is 0 Å². The summed E-state index contributed by atoms with van der Waals surface area (Å²) in [5.41, 5.74) is 0. The maximum absolute atomic E-state index is 5.60. The third-order valence-corrected chi connectivity index (χ3v) is 2.85. The lowest BCUT2D eigenvalue weighted by atomic mass is 10.3. The molecule has 1 aromatic heterocycles. The molecule has 2 rings (SSSR count). The number of nitrogens with zero attached hydrogens (tertiary/aromatic N) is 3. The van der Waals surface area contributed by atoms with Crippen LogP contribution in [0.1, 0.15) is 6.92 Å². The van der Waals surface area contributed by atoms with Gasteiger partial charge in [-0.15, -0.1) is 0 Å². The molecule has 16 heavy (non-hydrogen) atoms. The van der Waals surface area contributed by atoms with Crippen LogP contribution in [0.5, 0.6) is 5.75 Å². The lowest BCUT2D eigenvalue weighted by Crippen LogP contribution is -2.44. The van der Waals surface area contributed by atoms with Gasteiger partial charge in [0.2, 0.25) is 0 Å². The Balaban J connectivity index is 2.13. The molecular weight excluding hydrogens is 202 g/mol. The van der Waals surface area contributed by atoms with Crippen molar-refractivity contribution >= 4 is 5.82 Å². The molecule has 1 aliphatic heterocycles. The van der Waals surface area contributed by atoms with Gasteiger partial charge in [-0.1, -0.05) is 0 Å². The van der Waals surface area contributed by atoms with E-state index in [-0.39, 0.29) is 0 Å². The molecule has 0 bridgehead atoms. The fourth-order valence-corrected chi connectivity index (χ4v) is 1.91. The Hall–Kier alpha value is -1.29. The van der Waals surface area contributed by atoms with Gasteiger partial charge in [0.25, 0.3) is 0 Å². The summed E-state index contributed by atoms with van der Waals surface area (Å²) in [4.78, 5) is 9.06. The molecule has 0 aromatic carbocycles. The van der Waals surface area contributed by atoms with Gasteiger partial charge in [0.05, 0.1) is 6.61 Å². The van der Waals surface area contributed by atoms with Crippen molar-refractivity contribution in [3.8, 4) is 5.75 Å². The second kappa shape index (κ2) is 5.16. The third kappa shape index (κ3) is 2.44. The molecule has 4 heteroatoms. The molecule has 2 heterocycles. The van der Waals surface area contributed by atoms with Crippen molar-refractivity contribution < 1.29 is 4.74 Å². The fraction of sp³-hybridized carbons (Fsp3) is 0.583. The van der Waals surface area contributed by atoms with E-state index in [0.29, 0.717) is 6.61 Å². The van der Waals surface area contributed by atoms with Crippen LogP contribution in [0.3, 0.4) is 0 Å². The maximum atomic E-state index is 5.60. The van der Waals surface area contributed by atoms with Gasteiger partial charge in [0.1, 0.15) is 0 Å². The van der Waals surface area contributed by atoms with Crippen LogP contribution in [-0.4, -0.2) is 49.7 Å². The van der Waals surface area contributed by atoms with E-state index in [1.807, 2.05) is 25.3 Å². The molecule has 0 unspecified atom stereocenters. The molecule has 1 aromatic rings. The van der Waals surface area contributed by atoms with Crippen molar-refractivity contribution in [2.75, 3.05) is 44.7 Å². The zero-order chi connectivity index (χ0) is 11.4. The molecule has 0 radical (unpaired) electrons. The fourth-order valence-electron chi connectivity index (χ4n) is 1.91. The predicted octanol–water partition coefficient (Wildman–Crippen LogP) is 1.23. The number of piperazine rings is 1. The lowest BCUT2D eigenvalue weighted by molar-refractivity contribution is 0.306. The third-order valence-electron chi connectivity index (χ3n) is 2.85. The first-order chi connectivity index (χ1) is 7.81. The van der Waals surface area contributed by atoms with Crippen molar-refractivity contribution in [1.82, 2.24) is 9.88 Å². The minimum atomic E-state index is 0.687. The summed E-state index contributed by atoms with van der Waals surface area (Å²) >= 11 is 0. The first kappa shape index (κ1) is 11.2. The van der Waals surface area contributed by atoms with Gasteiger partial charge < -0.3 is 14.5 Å². The molecule has 88 valence electrons. The highest BCUT2D eigenvalue weighted by molar-refractivity contribution is 5.52. The van der Waals surface area contributed by atoms with E-state index in [4.69, 9.17) is 4.74 Å². The minimum Gasteiger partial charge on any atom is -0.490 e. The van der Waals surface area contributed by atoms with Gasteiger partial charge in [-0.05, 0) is 26.1 Å². The molecule has 1 aliphatic rings. The van der Waals surface area contributed by atoms with Crippen LogP contribution < -0.4 is 9.64 Å². The Labute approximate surface area is 96.8 Å². The number of rotatable bonds is 3. The normalized spacial score (nSPS) is 17.5. The van der Waals surface area contributed by atoms with Gasteiger partial charge >= 0.3 is 0 Å². The van der Waals surface area contributed by atoms with Crippen LogP contribution in [0.15, 0.2) is 18.3 Å². The topological polar surface area (TPSA) is 28.6 Å². The van der Waals surface area contributed by atoms with Crippen molar-refractivity contribution in [1.29, 1.82) is 0 Å². The second-order valence-electron chi connectivity index (χ2n) is 4.05. The van der Waals surface area contributed by atoms with Gasteiger partial charge in [0.15, 0.2) is 11.6 Å².